The quantitative estimate of drug-likeness (QED) is 0.697. The summed E-state index contributed by atoms with van der Waals surface area (Å²) in [5.74, 6) is 0.0833. The zero-order chi connectivity index (χ0) is 22.0. The second-order valence-corrected chi connectivity index (χ2v) is 8.08. The second kappa shape index (κ2) is 9.14. The van der Waals surface area contributed by atoms with Gasteiger partial charge in [0, 0.05) is 35.6 Å². The molecule has 7 nitrogen and oxygen atoms in total. The molecule has 0 saturated carbocycles. The molecule has 2 atom stereocenters. The van der Waals surface area contributed by atoms with Crippen molar-refractivity contribution < 1.29 is 28.5 Å². The van der Waals surface area contributed by atoms with Crippen molar-refractivity contribution in [2.75, 3.05) is 27.4 Å². The van der Waals surface area contributed by atoms with E-state index in [9.17, 15) is 9.59 Å². The SMILES string of the molecule is COc1cccc([C@H]2C(C(=O)OC[C@H]3CCCO3)=C(C)NC3=C2C(=O)CCC3)c1OC. The van der Waals surface area contributed by atoms with Gasteiger partial charge in [0.2, 0.25) is 0 Å². The molecule has 0 unspecified atom stereocenters. The first-order chi connectivity index (χ1) is 15.0. The third-order valence-corrected chi connectivity index (χ3v) is 6.16. The van der Waals surface area contributed by atoms with Crippen molar-refractivity contribution in [3.8, 4) is 11.5 Å². The number of dihydropyridines is 1. The minimum Gasteiger partial charge on any atom is -0.493 e. The van der Waals surface area contributed by atoms with E-state index in [2.05, 4.69) is 5.32 Å². The normalized spacial score (nSPS) is 23.4. The van der Waals surface area contributed by atoms with Crippen LogP contribution in [-0.2, 0) is 19.1 Å². The molecule has 1 N–H and O–H groups in total. The summed E-state index contributed by atoms with van der Waals surface area (Å²) in [7, 11) is 3.13. The summed E-state index contributed by atoms with van der Waals surface area (Å²) in [5.41, 5.74) is 3.33. The Bertz CT molecular complexity index is 941. The molecular formula is C24H29NO6. The predicted octanol–water partition coefficient (Wildman–Crippen LogP) is 3.39. The van der Waals surface area contributed by atoms with E-state index < -0.39 is 11.9 Å². The third-order valence-electron chi connectivity index (χ3n) is 6.16. The molecule has 3 aliphatic rings. The predicted molar refractivity (Wildman–Crippen MR) is 114 cm³/mol. The number of hydrogen-bond donors (Lipinski definition) is 1. The average molecular weight is 427 g/mol. The lowest BCUT2D eigenvalue weighted by Crippen LogP contribution is -2.35. The van der Waals surface area contributed by atoms with Crippen LogP contribution in [0.15, 0.2) is 40.7 Å². The van der Waals surface area contributed by atoms with Gasteiger partial charge in [0.25, 0.3) is 0 Å². The Balaban J connectivity index is 1.77. The molecule has 1 aromatic carbocycles. The molecule has 0 aromatic heterocycles. The maximum absolute atomic E-state index is 13.3. The average Bonchev–Trinajstić information content (AvgIpc) is 3.29. The van der Waals surface area contributed by atoms with Crippen LogP contribution in [0, 0.1) is 0 Å². The summed E-state index contributed by atoms with van der Waals surface area (Å²) in [6, 6.07) is 5.52. The molecule has 166 valence electrons. The minimum atomic E-state index is -0.578. The van der Waals surface area contributed by atoms with Gasteiger partial charge in [-0.15, -0.1) is 0 Å². The van der Waals surface area contributed by atoms with E-state index in [1.807, 2.05) is 19.1 Å². The fourth-order valence-electron chi connectivity index (χ4n) is 4.73. The third kappa shape index (κ3) is 4.06. The summed E-state index contributed by atoms with van der Waals surface area (Å²) >= 11 is 0. The molecule has 1 aromatic rings. The van der Waals surface area contributed by atoms with Crippen LogP contribution in [-0.4, -0.2) is 45.3 Å². The van der Waals surface area contributed by atoms with Crippen LogP contribution in [0.5, 0.6) is 11.5 Å². The van der Waals surface area contributed by atoms with E-state index in [1.54, 1.807) is 20.3 Å². The molecule has 2 aliphatic heterocycles. The summed E-state index contributed by atoms with van der Waals surface area (Å²) in [6.45, 7) is 2.75. The standard InChI is InChI=1S/C24H29NO6/c1-14-20(24(27)31-13-15-7-6-12-30-15)21(22-17(25-14)9-5-10-18(22)26)16-8-4-11-19(28-2)23(16)29-3/h4,8,11,15,21,25H,5-7,9-10,12-13H2,1-3H3/t15-,21+/m1/s1. The Morgan fingerprint density at radius 2 is 2.03 bits per heavy atom. The Morgan fingerprint density at radius 1 is 1.19 bits per heavy atom. The number of Topliss-reactive ketones (excluding diaryl/α,β-unsaturated/α-hetero) is 1. The van der Waals surface area contributed by atoms with Gasteiger partial charge in [-0.2, -0.15) is 0 Å². The van der Waals surface area contributed by atoms with Gasteiger partial charge in [0.1, 0.15) is 6.61 Å². The van der Waals surface area contributed by atoms with Gasteiger partial charge >= 0.3 is 5.97 Å². The molecule has 0 bridgehead atoms. The lowest BCUT2D eigenvalue weighted by molar-refractivity contribution is -0.142. The summed E-state index contributed by atoms with van der Waals surface area (Å²) < 4.78 is 22.4. The first-order valence-corrected chi connectivity index (χ1v) is 10.8. The maximum Gasteiger partial charge on any atom is 0.336 e. The first kappa shape index (κ1) is 21.4. The van der Waals surface area contributed by atoms with E-state index in [0.717, 1.165) is 36.9 Å². The van der Waals surface area contributed by atoms with Gasteiger partial charge in [0.15, 0.2) is 17.3 Å². The van der Waals surface area contributed by atoms with Gasteiger partial charge in [-0.25, -0.2) is 4.79 Å². The van der Waals surface area contributed by atoms with Crippen molar-refractivity contribution in [1.29, 1.82) is 0 Å². The zero-order valence-electron chi connectivity index (χ0n) is 18.3. The Hall–Kier alpha value is -2.80. The van der Waals surface area contributed by atoms with E-state index >= 15 is 0 Å². The van der Waals surface area contributed by atoms with Crippen molar-refractivity contribution in [3.63, 3.8) is 0 Å². The smallest absolute Gasteiger partial charge is 0.336 e. The molecule has 31 heavy (non-hydrogen) atoms. The highest BCUT2D eigenvalue weighted by Gasteiger charge is 2.41. The van der Waals surface area contributed by atoms with Crippen molar-refractivity contribution >= 4 is 11.8 Å². The Kier molecular flexibility index (Phi) is 6.32. The molecule has 0 spiro atoms. The van der Waals surface area contributed by atoms with Gasteiger partial charge < -0.3 is 24.3 Å². The highest BCUT2D eigenvalue weighted by Crippen LogP contribution is 2.47. The fourth-order valence-corrected chi connectivity index (χ4v) is 4.73. The second-order valence-electron chi connectivity index (χ2n) is 8.08. The highest BCUT2D eigenvalue weighted by atomic mass is 16.6. The maximum atomic E-state index is 13.3. The minimum absolute atomic E-state index is 0.0422. The monoisotopic (exact) mass is 427 g/mol. The lowest BCUT2D eigenvalue weighted by Gasteiger charge is -2.35. The number of esters is 1. The van der Waals surface area contributed by atoms with E-state index in [4.69, 9.17) is 18.9 Å². The van der Waals surface area contributed by atoms with Crippen LogP contribution in [0.3, 0.4) is 0 Å². The number of ether oxygens (including phenoxy) is 4. The van der Waals surface area contributed by atoms with Crippen LogP contribution in [0.1, 0.15) is 50.5 Å². The number of methoxy groups -OCH3 is 2. The van der Waals surface area contributed by atoms with Crippen molar-refractivity contribution in [1.82, 2.24) is 5.32 Å². The number of carbonyl (C=O) groups excluding carboxylic acids is 2. The van der Waals surface area contributed by atoms with Crippen LogP contribution in [0.25, 0.3) is 0 Å². The number of rotatable bonds is 6. The topological polar surface area (TPSA) is 83.1 Å². The molecule has 1 aliphatic carbocycles. The van der Waals surface area contributed by atoms with Crippen molar-refractivity contribution in [3.05, 3.63) is 46.3 Å². The van der Waals surface area contributed by atoms with Gasteiger partial charge in [-0.1, -0.05) is 12.1 Å². The number of carbonyl (C=O) groups is 2. The van der Waals surface area contributed by atoms with E-state index in [0.29, 0.717) is 41.4 Å². The van der Waals surface area contributed by atoms with Crippen LogP contribution in [0.4, 0.5) is 0 Å². The molecule has 0 radical (unpaired) electrons. The van der Waals surface area contributed by atoms with Crippen molar-refractivity contribution in [2.45, 2.75) is 51.0 Å². The van der Waals surface area contributed by atoms with Gasteiger partial charge in [-0.3, -0.25) is 4.79 Å². The molecule has 2 heterocycles. The summed E-state index contributed by atoms with van der Waals surface area (Å²) in [4.78, 5) is 26.3. The van der Waals surface area contributed by atoms with Crippen LogP contribution < -0.4 is 14.8 Å². The number of allylic oxidation sites excluding steroid dienone is 3. The zero-order valence-corrected chi connectivity index (χ0v) is 18.3. The Morgan fingerprint density at radius 3 is 2.74 bits per heavy atom. The molecular weight excluding hydrogens is 398 g/mol. The Labute approximate surface area is 182 Å². The molecule has 1 saturated heterocycles. The number of benzene rings is 1. The largest absolute Gasteiger partial charge is 0.493 e. The number of nitrogens with one attached hydrogen (secondary N) is 1. The summed E-state index contributed by atoms with van der Waals surface area (Å²) in [6.07, 6.45) is 3.79. The number of para-hydroxylation sites is 1. The van der Waals surface area contributed by atoms with Crippen molar-refractivity contribution in [2.24, 2.45) is 0 Å². The van der Waals surface area contributed by atoms with Crippen LogP contribution >= 0.6 is 0 Å². The number of hydrogen-bond acceptors (Lipinski definition) is 7. The van der Waals surface area contributed by atoms with Gasteiger partial charge in [0.05, 0.1) is 31.8 Å². The highest BCUT2D eigenvalue weighted by molar-refractivity contribution is 6.04. The van der Waals surface area contributed by atoms with E-state index in [-0.39, 0.29) is 18.5 Å². The molecule has 4 rings (SSSR count). The van der Waals surface area contributed by atoms with E-state index in [1.165, 1.54) is 0 Å². The first-order valence-electron chi connectivity index (χ1n) is 10.8. The molecule has 7 heteroatoms. The number of ketones is 1. The van der Waals surface area contributed by atoms with Crippen LogP contribution in [0.2, 0.25) is 0 Å². The lowest BCUT2D eigenvalue weighted by atomic mass is 9.75. The summed E-state index contributed by atoms with van der Waals surface area (Å²) in [5, 5.41) is 3.31. The fraction of sp³-hybridized carbons (Fsp3) is 0.500. The molecule has 0 amide bonds. The molecule has 1 fully saturated rings. The van der Waals surface area contributed by atoms with Gasteiger partial charge in [-0.05, 0) is 38.7 Å².